The van der Waals surface area contributed by atoms with Crippen molar-refractivity contribution in [2.75, 3.05) is 19.8 Å². The molecule has 0 unspecified atom stereocenters. The lowest BCUT2D eigenvalue weighted by Crippen LogP contribution is -2.24. The molecule has 0 aromatic heterocycles. The van der Waals surface area contributed by atoms with E-state index in [-0.39, 0.29) is 43.5 Å². The Labute approximate surface area is 213 Å². The molecule has 0 fully saturated rings. The summed E-state index contributed by atoms with van der Waals surface area (Å²) < 4.78 is 57.0. The summed E-state index contributed by atoms with van der Waals surface area (Å²) in [6, 6.07) is 12.2. The van der Waals surface area contributed by atoms with Crippen LogP contribution in [0.25, 0.3) is 6.08 Å². The number of hydrogen-bond acceptors (Lipinski definition) is 7. The number of ether oxygens (including phenoxy) is 4. The van der Waals surface area contributed by atoms with Gasteiger partial charge < -0.3 is 18.9 Å². The van der Waals surface area contributed by atoms with E-state index >= 15 is 0 Å². The molecule has 0 bridgehead atoms. The Kier molecular flexibility index (Phi) is 10.7. The molecule has 0 aliphatic rings. The number of alkyl halides is 3. The van der Waals surface area contributed by atoms with Gasteiger partial charge >= 0.3 is 24.1 Å². The van der Waals surface area contributed by atoms with Crippen molar-refractivity contribution in [3.63, 3.8) is 0 Å². The molecule has 2 aromatic rings. The summed E-state index contributed by atoms with van der Waals surface area (Å²) in [5.41, 5.74) is 0.264. The van der Waals surface area contributed by atoms with E-state index in [4.69, 9.17) is 18.9 Å². The lowest BCUT2D eigenvalue weighted by Gasteiger charge is -2.16. The third kappa shape index (κ3) is 11.6. The molecular formula is C27H29F3O7. The van der Waals surface area contributed by atoms with Gasteiger partial charge in [-0.25, -0.2) is 9.59 Å². The van der Waals surface area contributed by atoms with E-state index in [1.165, 1.54) is 36.4 Å². The molecule has 0 aliphatic heterocycles. The van der Waals surface area contributed by atoms with Gasteiger partial charge in [-0.05, 0) is 75.2 Å². The Morgan fingerprint density at radius 2 is 1.41 bits per heavy atom. The average Bonchev–Trinajstić information content (AvgIpc) is 2.83. The summed E-state index contributed by atoms with van der Waals surface area (Å²) in [5, 5.41) is 0. The topological polar surface area (TPSA) is 88.1 Å². The summed E-state index contributed by atoms with van der Waals surface area (Å²) >= 11 is 0. The highest BCUT2D eigenvalue weighted by Crippen LogP contribution is 2.22. The first-order valence-corrected chi connectivity index (χ1v) is 11.5. The first kappa shape index (κ1) is 29.4. The number of benzene rings is 2. The maximum Gasteiger partial charge on any atom is 0.389 e. The molecule has 0 heterocycles. The van der Waals surface area contributed by atoms with Gasteiger partial charge in [-0.15, -0.1) is 0 Å². The fourth-order valence-electron chi connectivity index (χ4n) is 2.67. The number of rotatable bonds is 11. The predicted octanol–water partition coefficient (Wildman–Crippen LogP) is 5.77. The smallest absolute Gasteiger partial charge is 0.389 e. The second-order valence-corrected chi connectivity index (χ2v) is 8.94. The van der Waals surface area contributed by atoms with Crippen molar-refractivity contribution in [3.05, 3.63) is 65.7 Å². The molecule has 37 heavy (non-hydrogen) atoms. The fraction of sp³-hybridized carbons (Fsp3) is 0.370. The average molecular weight is 523 g/mol. The molecular weight excluding hydrogens is 493 g/mol. The van der Waals surface area contributed by atoms with Gasteiger partial charge in [0.15, 0.2) is 0 Å². The molecule has 0 radical (unpaired) electrons. The van der Waals surface area contributed by atoms with Crippen LogP contribution in [0.1, 0.15) is 49.5 Å². The third-order valence-electron chi connectivity index (χ3n) is 4.64. The number of hydrogen-bond donors (Lipinski definition) is 0. The molecule has 2 rings (SSSR count). The Morgan fingerprint density at radius 3 is 2.00 bits per heavy atom. The van der Waals surface area contributed by atoms with Gasteiger partial charge in [0.1, 0.15) is 24.7 Å². The Bertz CT molecular complexity index is 1070. The molecule has 0 N–H and O–H groups in total. The first-order valence-electron chi connectivity index (χ1n) is 11.5. The second-order valence-electron chi connectivity index (χ2n) is 8.94. The zero-order chi connectivity index (χ0) is 27.5. The van der Waals surface area contributed by atoms with Crippen molar-refractivity contribution in [3.8, 4) is 11.5 Å². The minimum atomic E-state index is -4.22. The van der Waals surface area contributed by atoms with Gasteiger partial charge in [-0.3, -0.25) is 4.79 Å². The van der Waals surface area contributed by atoms with Crippen LogP contribution in [0.3, 0.4) is 0 Å². The minimum Gasteiger partial charge on any atom is -0.494 e. The predicted molar refractivity (Wildman–Crippen MR) is 129 cm³/mol. The fourth-order valence-corrected chi connectivity index (χ4v) is 2.67. The highest BCUT2D eigenvalue weighted by Gasteiger charge is 2.26. The maximum atomic E-state index is 12.3. The number of carbonyl (C=O) groups excluding carboxylic acids is 3. The lowest BCUT2D eigenvalue weighted by molar-refractivity contribution is -0.156. The Morgan fingerprint density at radius 1 is 0.811 bits per heavy atom. The zero-order valence-corrected chi connectivity index (χ0v) is 20.8. The van der Waals surface area contributed by atoms with Crippen LogP contribution >= 0.6 is 0 Å². The second kappa shape index (κ2) is 13.5. The summed E-state index contributed by atoms with van der Waals surface area (Å²) in [5.74, 6) is -0.987. The van der Waals surface area contributed by atoms with Gasteiger partial charge in [0.05, 0.1) is 17.6 Å². The van der Waals surface area contributed by atoms with E-state index in [0.29, 0.717) is 11.3 Å². The number of esters is 3. The standard InChI is InChI=1S/C27H29F3O7/c1-26(2,3)25(33)36-18-17-35-23(31)14-7-19-5-10-22(11-6-19)37-24(32)20-8-12-21(13-9-20)34-16-4-15-27(28,29)30/h5-14H,4,15-18H2,1-3H3/b14-7+. The van der Waals surface area contributed by atoms with Crippen LogP contribution in [0.15, 0.2) is 54.6 Å². The summed E-state index contributed by atoms with van der Waals surface area (Å²) in [4.78, 5) is 35.8. The molecule has 0 aliphatic carbocycles. The highest BCUT2D eigenvalue weighted by molar-refractivity contribution is 5.91. The van der Waals surface area contributed by atoms with Crippen molar-refractivity contribution in [1.29, 1.82) is 0 Å². The van der Waals surface area contributed by atoms with Crippen molar-refractivity contribution in [2.45, 2.75) is 39.8 Å². The SMILES string of the molecule is CC(C)(C)C(=O)OCCOC(=O)/C=C/c1ccc(OC(=O)c2ccc(OCCCC(F)(F)F)cc2)cc1. The number of halogens is 3. The van der Waals surface area contributed by atoms with E-state index in [1.807, 2.05) is 0 Å². The quantitative estimate of drug-likeness (QED) is 0.160. The Balaban J connectivity index is 1.76. The summed E-state index contributed by atoms with van der Waals surface area (Å²) in [6.45, 7) is 4.98. The van der Waals surface area contributed by atoms with E-state index in [2.05, 4.69) is 0 Å². The van der Waals surface area contributed by atoms with Crippen LogP contribution in [0.5, 0.6) is 11.5 Å². The minimum absolute atomic E-state index is 0.0343. The molecule has 10 heteroatoms. The van der Waals surface area contributed by atoms with Gasteiger partial charge in [0.25, 0.3) is 0 Å². The Hall–Kier alpha value is -3.82. The van der Waals surface area contributed by atoms with E-state index in [0.717, 1.165) is 0 Å². The van der Waals surface area contributed by atoms with Crippen molar-refractivity contribution < 1.29 is 46.5 Å². The van der Waals surface area contributed by atoms with E-state index in [1.54, 1.807) is 45.0 Å². The molecule has 200 valence electrons. The van der Waals surface area contributed by atoms with Crippen LogP contribution in [-0.2, 0) is 19.1 Å². The van der Waals surface area contributed by atoms with Gasteiger partial charge in [-0.1, -0.05) is 12.1 Å². The van der Waals surface area contributed by atoms with E-state index in [9.17, 15) is 27.6 Å². The maximum absolute atomic E-state index is 12.3. The summed E-state index contributed by atoms with van der Waals surface area (Å²) in [6.07, 6.45) is -2.56. The molecule has 2 aromatic carbocycles. The van der Waals surface area contributed by atoms with Crippen LogP contribution in [-0.4, -0.2) is 43.9 Å². The largest absolute Gasteiger partial charge is 0.494 e. The van der Waals surface area contributed by atoms with E-state index < -0.39 is 30.0 Å². The molecule has 0 atom stereocenters. The normalized spacial score (nSPS) is 11.7. The van der Waals surface area contributed by atoms with Crippen molar-refractivity contribution >= 4 is 24.0 Å². The summed E-state index contributed by atoms with van der Waals surface area (Å²) in [7, 11) is 0. The molecule has 7 nitrogen and oxygen atoms in total. The number of carbonyl (C=O) groups is 3. The van der Waals surface area contributed by atoms with Crippen molar-refractivity contribution in [2.24, 2.45) is 5.41 Å². The molecule has 0 saturated heterocycles. The monoisotopic (exact) mass is 522 g/mol. The van der Waals surface area contributed by atoms with Gasteiger partial charge in [0.2, 0.25) is 0 Å². The lowest BCUT2D eigenvalue weighted by atomic mass is 9.97. The zero-order valence-electron chi connectivity index (χ0n) is 20.8. The van der Waals surface area contributed by atoms with Gasteiger partial charge in [0, 0.05) is 12.5 Å². The third-order valence-corrected chi connectivity index (χ3v) is 4.64. The van der Waals surface area contributed by atoms with Crippen molar-refractivity contribution in [1.82, 2.24) is 0 Å². The van der Waals surface area contributed by atoms with Crippen LogP contribution in [0.2, 0.25) is 0 Å². The molecule has 0 saturated carbocycles. The molecule has 0 amide bonds. The van der Waals surface area contributed by atoms with Crippen LogP contribution < -0.4 is 9.47 Å². The highest BCUT2D eigenvalue weighted by atomic mass is 19.4. The first-order chi connectivity index (χ1) is 17.3. The van der Waals surface area contributed by atoms with Gasteiger partial charge in [-0.2, -0.15) is 13.2 Å². The molecule has 0 spiro atoms. The van der Waals surface area contributed by atoms with Crippen LogP contribution in [0, 0.1) is 5.41 Å². The van der Waals surface area contributed by atoms with Crippen LogP contribution in [0.4, 0.5) is 13.2 Å².